The molecule has 30 heavy (non-hydrogen) atoms. The van der Waals surface area contributed by atoms with Crippen LogP contribution in [0.1, 0.15) is 24.5 Å². The van der Waals surface area contributed by atoms with Gasteiger partial charge in [0.15, 0.2) is 5.17 Å². The Hall–Kier alpha value is -2.65. The molecule has 1 heterocycles. The number of hydrogen-bond acceptors (Lipinski definition) is 5. The van der Waals surface area contributed by atoms with Crippen LogP contribution in [0.3, 0.4) is 0 Å². The minimum atomic E-state index is -3.96. The highest BCUT2D eigenvalue weighted by molar-refractivity contribution is 8.16. The Labute approximate surface area is 180 Å². The second kappa shape index (κ2) is 9.01. The fourth-order valence-electron chi connectivity index (χ4n) is 2.88. The van der Waals surface area contributed by atoms with E-state index in [1.807, 2.05) is 26.0 Å². The van der Waals surface area contributed by atoms with Crippen LogP contribution in [0.4, 0.5) is 5.69 Å². The molecule has 9 heteroatoms. The molecule has 1 saturated heterocycles. The number of thioether (sulfide) groups is 1. The van der Waals surface area contributed by atoms with Crippen LogP contribution in [0.5, 0.6) is 0 Å². The van der Waals surface area contributed by atoms with Crippen LogP contribution in [-0.2, 0) is 19.6 Å². The van der Waals surface area contributed by atoms with E-state index in [4.69, 9.17) is 0 Å². The molecule has 3 rings (SSSR count). The lowest BCUT2D eigenvalue weighted by Gasteiger charge is -2.13. The monoisotopic (exact) mass is 445 g/mol. The maximum atomic E-state index is 12.7. The van der Waals surface area contributed by atoms with Crippen LogP contribution in [0.15, 0.2) is 57.8 Å². The van der Waals surface area contributed by atoms with Crippen molar-refractivity contribution in [1.82, 2.24) is 4.90 Å². The standard InChI is InChI=1S/C21H23N3O4S2/c1-4-24-20(26)18(13-19(25)22-16-9-5-14(2)6-10-16)29-21(24)23-30(27,28)17-11-7-15(3)8-12-17/h5-12,18H,4,13H2,1-3H3,(H,22,25)/b23-21+. The first-order chi connectivity index (χ1) is 14.2. The number of amidine groups is 1. The molecular formula is C21H23N3O4S2. The number of carbonyl (C=O) groups is 2. The minimum Gasteiger partial charge on any atom is -0.326 e. The molecule has 2 aromatic carbocycles. The number of aryl methyl sites for hydroxylation is 2. The maximum absolute atomic E-state index is 12.7. The van der Waals surface area contributed by atoms with E-state index in [2.05, 4.69) is 9.71 Å². The molecule has 0 spiro atoms. The molecule has 1 aliphatic rings. The number of sulfonamides is 1. The first-order valence-corrected chi connectivity index (χ1v) is 11.8. The molecule has 0 aromatic heterocycles. The molecule has 1 atom stereocenters. The van der Waals surface area contributed by atoms with E-state index in [0.717, 1.165) is 22.9 Å². The number of nitrogens with one attached hydrogen (secondary N) is 1. The Bertz CT molecular complexity index is 1080. The number of hydrogen-bond donors (Lipinski definition) is 1. The molecule has 0 saturated carbocycles. The Balaban J connectivity index is 1.75. The average molecular weight is 446 g/mol. The second-order valence-electron chi connectivity index (χ2n) is 6.97. The smallest absolute Gasteiger partial charge is 0.284 e. The average Bonchev–Trinajstić information content (AvgIpc) is 2.97. The second-order valence-corrected chi connectivity index (χ2v) is 9.74. The van der Waals surface area contributed by atoms with Crippen LogP contribution in [0.25, 0.3) is 0 Å². The van der Waals surface area contributed by atoms with E-state index in [9.17, 15) is 18.0 Å². The van der Waals surface area contributed by atoms with Crippen molar-refractivity contribution in [2.24, 2.45) is 4.40 Å². The lowest BCUT2D eigenvalue weighted by molar-refractivity contribution is -0.128. The molecule has 0 bridgehead atoms. The highest BCUT2D eigenvalue weighted by Gasteiger charge is 2.39. The van der Waals surface area contributed by atoms with Crippen molar-refractivity contribution in [2.75, 3.05) is 11.9 Å². The largest absolute Gasteiger partial charge is 0.326 e. The van der Waals surface area contributed by atoms with E-state index in [1.165, 1.54) is 17.0 Å². The summed E-state index contributed by atoms with van der Waals surface area (Å²) in [5, 5.41) is 2.14. The van der Waals surface area contributed by atoms with E-state index < -0.39 is 15.3 Å². The van der Waals surface area contributed by atoms with Crippen molar-refractivity contribution in [3.05, 3.63) is 59.7 Å². The number of benzene rings is 2. The van der Waals surface area contributed by atoms with Gasteiger partial charge in [0.2, 0.25) is 11.8 Å². The van der Waals surface area contributed by atoms with Crippen molar-refractivity contribution in [2.45, 2.75) is 37.3 Å². The summed E-state index contributed by atoms with van der Waals surface area (Å²) in [6.07, 6.45) is -0.0719. The molecule has 1 fully saturated rings. The number of rotatable bonds is 6. The molecule has 1 aliphatic heterocycles. The molecule has 7 nitrogen and oxygen atoms in total. The van der Waals surface area contributed by atoms with Crippen LogP contribution in [0.2, 0.25) is 0 Å². The first-order valence-electron chi connectivity index (χ1n) is 9.46. The van der Waals surface area contributed by atoms with Crippen molar-refractivity contribution in [1.29, 1.82) is 0 Å². The summed E-state index contributed by atoms with van der Waals surface area (Å²) in [6.45, 7) is 5.81. The van der Waals surface area contributed by atoms with Gasteiger partial charge in [-0.3, -0.25) is 14.5 Å². The summed E-state index contributed by atoms with van der Waals surface area (Å²) in [6, 6.07) is 13.7. The molecule has 0 aliphatic carbocycles. The van der Waals surface area contributed by atoms with Crippen molar-refractivity contribution in [3.8, 4) is 0 Å². The van der Waals surface area contributed by atoms with Gasteiger partial charge in [0.25, 0.3) is 10.0 Å². The fourth-order valence-corrected chi connectivity index (χ4v) is 5.30. The van der Waals surface area contributed by atoms with E-state index >= 15 is 0 Å². The van der Waals surface area contributed by atoms with E-state index in [0.29, 0.717) is 5.69 Å². The summed E-state index contributed by atoms with van der Waals surface area (Å²) in [4.78, 5) is 26.4. The lowest BCUT2D eigenvalue weighted by Crippen LogP contribution is -2.33. The van der Waals surface area contributed by atoms with Crippen molar-refractivity contribution < 1.29 is 18.0 Å². The van der Waals surface area contributed by atoms with Crippen LogP contribution >= 0.6 is 11.8 Å². The highest BCUT2D eigenvalue weighted by Crippen LogP contribution is 2.31. The third kappa shape index (κ3) is 5.09. The van der Waals surface area contributed by atoms with E-state index in [1.54, 1.807) is 31.2 Å². The number of anilines is 1. The van der Waals surface area contributed by atoms with Gasteiger partial charge >= 0.3 is 0 Å². The molecular weight excluding hydrogens is 422 g/mol. The summed E-state index contributed by atoms with van der Waals surface area (Å²) in [7, 11) is -3.96. The Kier molecular flexibility index (Phi) is 6.62. The van der Waals surface area contributed by atoms with Gasteiger partial charge in [-0.1, -0.05) is 47.2 Å². The maximum Gasteiger partial charge on any atom is 0.284 e. The Morgan fingerprint density at radius 3 is 2.20 bits per heavy atom. The first kappa shape index (κ1) is 22.0. The van der Waals surface area contributed by atoms with Gasteiger partial charge < -0.3 is 5.32 Å². The van der Waals surface area contributed by atoms with E-state index in [-0.39, 0.29) is 34.8 Å². The van der Waals surface area contributed by atoms with Gasteiger partial charge in [-0.15, -0.1) is 4.40 Å². The van der Waals surface area contributed by atoms with Gasteiger partial charge in [-0.25, -0.2) is 0 Å². The summed E-state index contributed by atoms with van der Waals surface area (Å²) < 4.78 is 29.2. The molecule has 0 radical (unpaired) electrons. The van der Waals surface area contributed by atoms with Gasteiger partial charge in [-0.05, 0) is 45.0 Å². The van der Waals surface area contributed by atoms with Crippen LogP contribution in [-0.4, -0.2) is 42.1 Å². The zero-order valence-electron chi connectivity index (χ0n) is 17.0. The lowest BCUT2D eigenvalue weighted by atomic mass is 10.2. The predicted molar refractivity (Wildman–Crippen MR) is 119 cm³/mol. The summed E-state index contributed by atoms with van der Waals surface area (Å²) in [5.41, 5.74) is 2.65. The van der Waals surface area contributed by atoms with Gasteiger partial charge in [0, 0.05) is 18.7 Å². The third-order valence-corrected chi connectivity index (χ3v) is 7.13. The van der Waals surface area contributed by atoms with Crippen LogP contribution < -0.4 is 5.32 Å². The quantitative estimate of drug-likeness (QED) is 0.736. The zero-order chi connectivity index (χ0) is 21.9. The molecule has 2 amide bonds. The Morgan fingerprint density at radius 2 is 1.63 bits per heavy atom. The zero-order valence-corrected chi connectivity index (χ0v) is 18.6. The predicted octanol–water partition coefficient (Wildman–Crippen LogP) is 3.34. The van der Waals surface area contributed by atoms with Crippen molar-refractivity contribution >= 4 is 44.5 Å². The topological polar surface area (TPSA) is 95.9 Å². The molecule has 158 valence electrons. The number of nitrogens with zero attached hydrogens (tertiary/aromatic N) is 2. The third-order valence-electron chi connectivity index (χ3n) is 4.56. The van der Waals surface area contributed by atoms with Crippen LogP contribution in [0, 0.1) is 13.8 Å². The molecule has 2 aromatic rings. The van der Waals surface area contributed by atoms with Crippen molar-refractivity contribution in [3.63, 3.8) is 0 Å². The summed E-state index contributed by atoms with van der Waals surface area (Å²) in [5.74, 6) is -0.636. The van der Waals surface area contributed by atoms with Gasteiger partial charge in [0.05, 0.1) is 4.90 Å². The SMILES string of the molecule is CCN1C(=O)C(CC(=O)Nc2ccc(C)cc2)S/C1=N/S(=O)(=O)c1ccc(C)cc1. The number of carbonyl (C=O) groups excluding carboxylic acids is 2. The fraction of sp³-hybridized carbons (Fsp3) is 0.286. The van der Waals surface area contributed by atoms with Gasteiger partial charge in [0.1, 0.15) is 5.25 Å². The minimum absolute atomic E-state index is 0.0604. The molecule has 1 N–H and O–H groups in total. The number of amides is 2. The Morgan fingerprint density at radius 1 is 1.07 bits per heavy atom. The normalized spacial score (nSPS) is 18.1. The highest BCUT2D eigenvalue weighted by atomic mass is 32.2. The van der Waals surface area contributed by atoms with Gasteiger partial charge in [-0.2, -0.15) is 8.42 Å². The molecule has 1 unspecified atom stereocenters. The summed E-state index contributed by atoms with van der Waals surface area (Å²) >= 11 is 1.00.